The zero-order chi connectivity index (χ0) is 14.3. The summed E-state index contributed by atoms with van der Waals surface area (Å²) in [6.07, 6.45) is 2.02. The van der Waals surface area contributed by atoms with Gasteiger partial charge >= 0.3 is 5.97 Å². The predicted octanol–water partition coefficient (Wildman–Crippen LogP) is 2.53. The van der Waals surface area contributed by atoms with Crippen LogP contribution in [0.4, 0.5) is 0 Å². The Morgan fingerprint density at radius 3 is 2.90 bits per heavy atom. The number of H-pyrrole nitrogens is 1. The second-order valence-corrected chi connectivity index (χ2v) is 4.71. The topological polar surface area (TPSA) is 79.4 Å². The normalized spacial score (nSPS) is 16.4. The highest BCUT2D eigenvalue weighted by atomic mass is 16.5. The van der Waals surface area contributed by atoms with Crippen LogP contribution >= 0.6 is 0 Å². The summed E-state index contributed by atoms with van der Waals surface area (Å²) in [7, 11) is 1.33. The molecule has 0 saturated carbocycles. The van der Waals surface area contributed by atoms with Crippen molar-refractivity contribution in [1.82, 2.24) is 4.98 Å². The van der Waals surface area contributed by atoms with Crippen molar-refractivity contribution >= 4 is 22.7 Å². The summed E-state index contributed by atoms with van der Waals surface area (Å²) in [6, 6.07) is 5.15. The lowest BCUT2D eigenvalue weighted by atomic mass is 9.91. The van der Waals surface area contributed by atoms with E-state index >= 15 is 0 Å². The molecule has 2 N–H and O–H groups in total. The minimum Gasteiger partial charge on any atom is -0.515 e. The van der Waals surface area contributed by atoms with Gasteiger partial charge in [-0.25, -0.2) is 4.79 Å². The van der Waals surface area contributed by atoms with Gasteiger partial charge in [0.05, 0.1) is 24.6 Å². The van der Waals surface area contributed by atoms with E-state index in [0.29, 0.717) is 29.7 Å². The van der Waals surface area contributed by atoms with Gasteiger partial charge in [-0.3, -0.25) is 4.79 Å². The number of aliphatic hydroxyl groups excluding tert-OH is 1. The maximum atomic E-state index is 12.1. The number of Topliss-reactive ketones (excluding diaryl/α,β-unsaturated/α-hetero) is 1. The minimum absolute atomic E-state index is 0.190. The largest absolute Gasteiger partial charge is 0.515 e. The first kappa shape index (κ1) is 12.5. The molecule has 102 valence electrons. The number of aryl methyl sites for hydroxylation is 1. The Bertz CT molecular complexity index is 755. The molecular formula is C15H13NO4. The van der Waals surface area contributed by atoms with Crippen molar-refractivity contribution < 1.29 is 19.4 Å². The minimum atomic E-state index is -0.403. The zero-order valence-corrected chi connectivity index (χ0v) is 10.9. The summed E-state index contributed by atoms with van der Waals surface area (Å²) in [4.78, 5) is 26.8. The van der Waals surface area contributed by atoms with E-state index in [2.05, 4.69) is 4.98 Å². The summed E-state index contributed by atoms with van der Waals surface area (Å²) in [5.41, 5.74) is 3.04. The number of benzene rings is 1. The molecule has 0 bridgehead atoms. The van der Waals surface area contributed by atoms with Gasteiger partial charge in [-0.05, 0) is 36.6 Å². The first-order chi connectivity index (χ1) is 9.65. The van der Waals surface area contributed by atoms with E-state index in [0.717, 1.165) is 22.7 Å². The first-order valence-electron chi connectivity index (χ1n) is 6.26. The highest BCUT2D eigenvalue weighted by Crippen LogP contribution is 2.31. The summed E-state index contributed by atoms with van der Waals surface area (Å²) in [5.74, 6) is -0.593. The number of hydrogen-bond donors (Lipinski definition) is 2. The fourth-order valence-electron chi connectivity index (χ4n) is 2.60. The SMILES string of the molecule is COC(=O)c1ccc2[nH]c3c(c2c1)CCC(=CO)C3=O. The van der Waals surface area contributed by atoms with Gasteiger partial charge in [0.1, 0.15) is 0 Å². The number of ketones is 1. The van der Waals surface area contributed by atoms with Crippen molar-refractivity contribution in [3.05, 3.63) is 46.9 Å². The maximum Gasteiger partial charge on any atom is 0.337 e. The molecule has 0 atom stereocenters. The van der Waals surface area contributed by atoms with Gasteiger partial charge in [0, 0.05) is 16.5 Å². The summed E-state index contributed by atoms with van der Waals surface area (Å²) in [5, 5.41) is 9.91. The molecule has 0 aliphatic heterocycles. The maximum absolute atomic E-state index is 12.1. The molecule has 0 spiro atoms. The first-order valence-corrected chi connectivity index (χ1v) is 6.26. The number of nitrogens with one attached hydrogen (secondary N) is 1. The molecule has 1 aromatic heterocycles. The van der Waals surface area contributed by atoms with Crippen molar-refractivity contribution in [3.8, 4) is 0 Å². The second-order valence-electron chi connectivity index (χ2n) is 4.71. The van der Waals surface area contributed by atoms with Crippen LogP contribution in [0.2, 0.25) is 0 Å². The quantitative estimate of drug-likeness (QED) is 0.474. The van der Waals surface area contributed by atoms with Crippen LogP contribution in [-0.2, 0) is 11.2 Å². The van der Waals surface area contributed by atoms with Gasteiger partial charge in [-0.1, -0.05) is 0 Å². The molecular weight excluding hydrogens is 258 g/mol. The Hall–Kier alpha value is -2.56. The lowest BCUT2D eigenvalue weighted by molar-refractivity contribution is 0.0601. The molecule has 0 saturated heterocycles. The van der Waals surface area contributed by atoms with Gasteiger partial charge < -0.3 is 14.8 Å². The van der Waals surface area contributed by atoms with Crippen molar-refractivity contribution in [3.63, 3.8) is 0 Å². The average Bonchev–Trinajstić information content (AvgIpc) is 2.85. The van der Waals surface area contributed by atoms with Crippen molar-refractivity contribution in [2.45, 2.75) is 12.8 Å². The zero-order valence-electron chi connectivity index (χ0n) is 10.9. The number of allylic oxidation sites excluding steroid dienone is 1. The molecule has 2 aromatic rings. The molecule has 3 rings (SSSR count). The molecule has 20 heavy (non-hydrogen) atoms. The van der Waals surface area contributed by atoms with E-state index in [1.807, 2.05) is 0 Å². The smallest absolute Gasteiger partial charge is 0.337 e. The fourth-order valence-corrected chi connectivity index (χ4v) is 2.60. The fraction of sp³-hybridized carbons (Fsp3) is 0.200. The van der Waals surface area contributed by atoms with Gasteiger partial charge in [0.25, 0.3) is 0 Å². The highest BCUT2D eigenvalue weighted by Gasteiger charge is 2.26. The van der Waals surface area contributed by atoms with Crippen molar-refractivity contribution in [2.24, 2.45) is 0 Å². The summed E-state index contributed by atoms with van der Waals surface area (Å²) >= 11 is 0. The van der Waals surface area contributed by atoms with Crippen LogP contribution in [-0.4, -0.2) is 29.0 Å². The number of methoxy groups -OCH3 is 1. The predicted molar refractivity (Wildman–Crippen MR) is 73.0 cm³/mol. The van der Waals surface area contributed by atoms with Crippen LogP contribution in [0, 0.1) is 0 Å². The van der Waals surface area contributed by atoms with E-state index in [-0.39, 0.29) is 5.78 Å². The van der Waals surface area contributed by atoms with E-state index in [1.54, 1.807) is 18.2 Å². The molecule has 5 nitrogen and oxygen atoms in total. The van der Waals surface area contributed by atoms with Crippen LogP contribution < -0.4 is 0 Å². The molecule has 1 aliphatic rings. The highest BCUT2D eigenvalue weighted by molar-refractivity contribution is 6.13. The molecule has 0 fully saturated rings. The molecule has 0 amide bonds. The van der Waals surface area contributed by atoms with Crippen LogP contribution in [0.1, 0.15) is 32.8 Å². The van der Waals surface area contributed by atoms with Gasteiger partial charge in [-0.15, -0.1) is 0 Å². The standard InChI is InChI=1S/C15H13NO4/c1-20-15(19)8-3-5-12-11(6-8)10-4-2-9(7-17)14(18)13(10)16-12/h3,5-7,16-17H,2,4H2,1H3. The Balaban J connectivity index is 2.19. The third kappa shape index (κ3) is 1.71. The molecule has 0 radical (unpaired) electrons. The number of esters is 1. The van der Waals surface area contributed by atoms with Crippen LogP contribution in [0.15, 0.2) is 30.0 Å². The molecule has 1 aliphatic carbocycles. The van der Waals surface area contributed by atoms with Gasteiger partial charge in [-0.2, -0.15) is 0 Å². The van der Waals surface area contributed by atoms with Crippen LogP contribution in [0.3, 0.4) is 0 Å². The Labute approximate surface area is 114 Å². The summed E-state index contributed by atoms with van der Waals surface area (Å²) < 4.78 is 4.70. The number of hydrogen-bond acceptors (Lipinski definition) is 4. The average molecular weight is 271 g/mol. The third-order valence-electron chi connectivity index (χ3n) is 3.65. The van der Waals surface area contributed by atoms with Gasteiger partial charge in [0.2, 0.25) is 5.78 Å². The lowest BCUT2D eigenvalue weighted by Crippen LogP contribution is -2.13. The van der Waals surface area contributed by atoms with E-state index < -0.39 is 5.97 Å². The molecule has 0 unspecified atom stereocenters. The second kappa shape index (κ2) is 4.52. The number of aliphatic hydroxyl groups is 1. The lowest BCUT2D eigenvalue weighted by Gasteiger charge is -2.12. The monoisotopic (exact) mass is 271 g/mol. The summed E-state index contributed by atoms with van der Waals surface area (Å²) in [6.45, 7) is 0. The molecule has 1 heterocycles. The number of carbonyl (C=O) groups is 2. The Kier molecular flexibility index (Phi) is 2.82. The number of aromatic amines is 1. The van der Waals surface area contributed by atoms with Crippen molar-refractivity contribution in [2.75, 3.05) is 7.11 Å². The van der Waals surface area contributed by atoms with E-state index in [1.165, 1.54) is 7.11 Å². The number of fused-ring (bicyclic) bond motifs is 3. The van der Waals surface area contributed by atoms with E-state index in [4.69, 9.17) is 9.84 Å². The van der Waals surface area contributed by atoms with Crippen LogP contribution in [0.5, 0.6) is 0 Å². The molecule has 5 heteroatoms. The van der Waals surface area contributed by atoms with Gasteiger partial charge in [0.15, 0.2) is 0 Å². The van der Waals surface area contributed by atoms with Crippen LogP contribution in [0.25, 0.3) is 10.9 Å². The number of rotatable bonds is 1. The van der Waals surface area contributed by atoms with Crippen molar-refractivity contribution in [1.29, 1.82) is 0 Å². The number of ether oxygens (including phenoxy) is 1. The Morgan fingerprint density at radius 1 is 1.40 bits per heavy atom. The number of aromatic nitrogens is 1. The number of carbonyl (C=O) groups excluding carboxylic acids is 2. The third-order valence-corrected chi connectivity index (χ3v) is 3.65. The Morgan fingerprint density at radius 2 is 2.20 bits per heavy atom. The van der Waals surface area contributed by atoms with E-state index in [9.17, 15) is 9.59 Å². The molecule has 1 aromatic carbocycles.